The van der Waals surface area contributed by atoms with E-state index in [-0.39, 0.29) is 16.6 Å². The van der Waals surface area contributed by atoms with Crippen molar-refractivity contribution < 1.29 is 18.3 Å². The predicted octanol–water partition coefficient (Wildman–Crippen LogP) is 5.19. The maximum absolute atomic E-state index is 13.0. The van der Waals surface area contributed by atoms with Crippen molar-refractivity contribution in [3.05, 3.63) is 89.6 Å². The van der Waals surface area contributed by atoms with Crippen molar-refractivity contribution in [1.82, 2.24) is 4.98 Å². The lowest BCUT2D eigenvalue weighted by atomic mass is 10.1. The molecule has 33 heavy (non-hydrogen) atoms. The summed E-state index contributed by atoms with van der Waals surface area (Å²) < 4.78 is 28.6. The molecule has 7 nitrogen and oxygen atoms in total. The number of carbonyl (C=O) groups is 1. The van der Waals surface area contributed by atoms with Crippen LogP contribution in [-0.2, 0) is 10.0 Å². The third kappa shape index (κ3) is 5.05. The number of thiazole rings is 1. The zero-order valence-electron chi connectivity index (χ0n) is 17.9. The van der Waals surface area contributed by atoms with E-state index in [1.54, 1.807) is 43.3 Å². The molecule has 0 radical (unpaired) electrons. The van der Waals surface area contributed by atoms with Crippen LogP contribution in [0.4, 0.5) is 10.8 Å². The number of aromatic hydroxyl groups is 1. The Morgan fingerprint density at radius 2 is 1.67 bits per heavy atom. The van der Waals surface area contributed by atoms with Crippen LogP contribution in [0.1, 0.15) is 21.6 Å². The number of phenolic OH excluding ortho intramolecular Hbond substituents is 1. The van der Waals surface area contributed by atoms with Gasteiger partial charge in [-0.3, -0.25) is 14.8 Å². The lowest BCUT2D eigenvalue weighted by Crippen LogP contribution is -2.14. The molecule has 0 atom stereocenters. The van der Waals surface area contributed by atoms with Crippen LogP contribution >= 0.6 is 11.3 Å². The van der Waals surface area contributed by atoms with Crippen molar-refractivity contribution in [2.45, 2.75) is 18.7 Å². The molecule has 0 aliphatic carbocycles. The van der Waals surface area contributed by atoms with E-state index in [2.05, 4.69) is 15.0 Å². The monoisotopic (exact) mass is 479 g/mol. The van der Waals surface area contributed by atoms with E-state index in [1.807, 2.05) is 19.1 Å². The molecule has 3 N–H and O–H groups in total. The lowest BCUT2D eigenvalue weighted by molar-refractivity contribution is 0.102. The minimum absolute atomic E-state index is 0.0481. The smallest absolute Gasteiger partial charge is 0.262 e. The minimum atomic E-state index is -3.87. The minimum Gasteiger partial charge on any atom is -0.508 e. The summed E-state index contributed by atoms with van der Waals surface area (Å²) in [5.74, 6) is -0.215. The first kappa shape index (κ1) is 22.5. The van der Waals surface area contributed by atoms with Gasteiger partial charge in [-0.25, -0.2) is 13.4 Å². The van der Waals surface area contributed by atoms with Gasteiger partial charge >= 0.3 is 0 Å². The van der Waals surface area contributed by atoms with Gasteiger partial charge in [-0.05, 0) is 67.4 Å². The highest BCUT2D eigenvalue weighted by Gasteiger charge is 2.20. The summed E-state index contributed by atoms with van der Waals surface area (Å²) >= 11 is 1.28. The lowest BCUT2D eigenvalue weighted by Gasteiger charge is -2.12. The number of hydrogen-bond donors (Lipinski definition) is 3. The highest BCUT2D eigenvalue weighted by molar-refractivity contribution is 7.92. The van der Waals surface area contributed by atoms with Crippen LogP contribution in [0.25, 0.3) is 10.4 Å². The molecule has 3 aromatic carbocycles. The molecular formula is C24H21N3O4S2. The third-order valence-corrected chi connectivity index (χ3v) is 7.56. The molecule has 168 valence electrons. The highest BCUT2D eigenvalue weighted by Crippen LogP contribution is 2.35. The summed E-state index contributed by atoms with van der Waals surface area (Å²) in [5, 5.41) is 12.7. The fraction of sp³-hybridized carbons (Fsp3) is 0.0833. The number of nitrogens with zero attached hydrogens (tertiary/aromatic N) is 1. The number of aromatic nitrogens is 1. The topological polar surface area (TPSA) is 108 Å². The Kier molecular flexibility index (Phi) is 6.17. The average Bonchev–Trinajstić information content (AvgIpc) is 3.16. The van der Waals surface area contributed by atoms with Crippen molar-refractivity contribution in [1.29, 1.82) is 0 Å². The van der Waals surface area contributed by atoms with Crippen molar-refractivity contribution >= 4 is 38.1 Å². The van der Waals surface area contributed by atoms with E-state index in [1.165, 1.54) is 35.6 Å². The quantitative estimate of drug-likeness (QED) is 0.330. The molecule has 0 fully saturated rings. The van der Waals surface area contributed by atoms with Crippen LogP contribution in [0.5, 0.6) is 5.75 Å². The summed E-state index contributed by atoms with van der Waals surface area (Å²) in [6.45, 7) is 3.53. The van der Waals surface area contributed by atoms with Crippen LogP contribution < -0.4 is 10.0 Å². The zero-order valence-corrected chi connectivity index (χ0v) is 19.5. The molecule has 4 rings (SSSR count). The molecule has 1 amide bonds. The van der Waals surface area contributed by atoms with Crippen LogP contribution in [0.15, 0.2) is 77.7 Å². The maximum Gasteiger partial charge on any atom is 0.262 e. The Hall–Kier alpha value is -3.69. The highest BCUT2D eigenvalue weighted by atomic mass is 32.2. The fourth-order valence-electron chi connectivity index (χ4n) is 3.25. The molecule has 0 aliphatic heterocycles. The number of sulfonamides is 1. The molecule has 0 bridgehead atoms. The van der Waals surface area contributed by atoms with Gasteiger partial charge in [0.1, 0.15) is 5.75 Å². The number of benzene rings is 3. The maximum atomic E-state index is 13.0. The van der Waals surface area contributed by atoms with Gasteiger partial charge in [0.2, 0.25) is 0 Å². The Morgan fingerprint density at radius 1 is 0.970 bits per heavy atom. The number of amides is 1. The van der Waals surface area contributed by atoms with Crippen LogP contribution in [0.2, 0.25) is 0 Å². The van der Waals surface area contributed by atoms with Gasteiger partial charge in [0.25, 0.3) is 15.9 Å². The molecule has 0 aliphatic rings. The van der Waals surface area contributed by atoms with Crippen LogP contribution in [0.3, 0.4) is 0 Å². The molecule has 1 aromatic heterocycles. The molecule has 0 saturated heterocycles. The molecule has 0 spiro atoms. The van der Waals surface area contributed by atoms with E-state index >= 15 is 0 Å². The number of anilines is 2. The average molecular weight is 480 g/mol. The SMILES string of the molecule is Cc1ccc(-c2sc(NC(=O)c3ccccc3)nc2C)cc1S(=O)(=O)Nc1ccc(O)cc1. The molecule has 0 saturated carbocycles. The van der Waals surface area contributed by atoms with Crippen molar-refractivity contribution in [2.75, 3.05) is 10.0 Å². The predicted molar refractivity (Wildman–Crippen MR) is 130 cm³/mol. The van der Waals surface area contributed by atoms with Gasteiger partial charge < -0.3 is 5.11 Å². The summed E-state index contributed by atoms with van der Waals surface area (Å²) in [4.78, 5) is 17.8. The number of phenols is 1. The van der Waals surface area contributed by atoms with Crippen LogP contribution in [-0.4, -0.2) is 24.4 Å². The fourth-order valence-corrected chi connectivity index (χ4v) is 5.54. The largest absolute Gasteiger partial charge is 0.508 e. The van der Waals surface area contributed by atoms with E-state index in [0.717, 1.165) is 4.88 Å². The number of hydrogen-bond acceptors (Lipinski definition) is 6. The number of aryl methyl sites for hydroxylation is 2. The Balaban J connectivity index is 1.62. The summed E-state index contributed by atoms with van der Waals surface area (Å²) in [6, 6.07) is 19.8. The Labute approximate surface area is 195 Å². The second-order valence-corrected chi connectivity index (χ2v) is 10.0. The van der Waals surface area contributed by atoms with Gasteiger partial charge in [-0.2, -0.15) is 0 Å². The third-order valence-electron chi connectivity index (χ3n) is 4.91. The van der Waals surface area contributed by atoms with E-state index < -0.39 is 10.0 Å². The number of rotatable bonds is 6. The zero-order chi connectivity index (χ0) is 23.6. The van der Waals surface area contributed by atoms with Gasteiger partial charge in [0.05, 0.1) is 15.5 Å². The molecule has 4 aromatic rings. The van der Waals surface area contributed by atoms with Crippen LogP contribution in [0, 0.1) is 13.8 Å². The molecule has 1 heterocycles. The van der Waals surface area contributed by atoms with Gasteiger partial charge in [-0.15, -0.1) is 0 Å². The van der Waals surface area contributed by atoms with E-state index in [0.29, 0.717) is 33.2 Å². The molecule has 0 unspecified atom stereocenters. The Morgan fingerprint density at radius 3 is 2.36 bits per heavy atom. The van der Waals surface area contributed by atoms with Crippen molar-refractivity contribution in [2.24, 2.45) is 0 Å². The van der Waals surface area contributed by atoms with Gasteiger partial charge in [0.15, 0.2) is 5.13 Å². The summed E-state index contributed by atoms with van der Waals surface area (Å²) in [6.07, 6.45) is 0. The van der Waals surface area contributed by atoms with E-state index in [9.17, 15) is 18.3 Å². The van der Waals surface area contributed by atoms with Crippen molar-refractivity contribution in [3.8, 4) is 16.2 Å². The van der Waals surface area contributed by atoms with E-state index in [4.69, 9.17) is 0 Å². The summed E-state index contributed by atoms with van der Waals surface area (Å²) in [5.41, 5.74) is 2.82. The number of nitrogens with one attached hydrogen (secondary N) is 2. The molecule has 9 heteroatoms. The van der Waals surface area contributed by atoms with Gasteiger partial charge in [0, 0.05) is 11.3 Å². The number of carbonyl (C=O) groups excluding carboxylic acids is 1. The van der Waals surface area contributed by atoms with Crippen molar-refractivity contribution in [3.63, 3.8) is 0 Å². The summed E-state index contributed by atoms with van der Waals surface area (Å²) in [7, 11) is -3.87. The normalized spacial score (nSPS) is 11.2. The van der Waals surface area contributed by atoms with Gasteiger partial charge in [-0.1, -0.05) is 41.7 Å². The molecular weight excluding hydrogens is 458 g/mol. The first-order valence-electron chi connectivity index (χ1n) is 9.99. The first-order valence-corrected chi connectivity index (χ1v) is 12.3. The first-order chi connectivity index (χ1) is 15.7. The second kappa shape index (κ2) is 9.05. The Bertz CT molecular complexity index is 1410. The second-order valence-electron chi connectivity index (χ2n) is 7.39. The standard InChI is InChI=1S/C24H21N3O4S2/c1-15-8-9-18(14-21(15)33(30,31)27-19-10-12-20(28)13-11-19)22-16(2)25-24(32-22)26-23(29)17-6-4-3-5-7-17/h3-14,27-28H,1-2H3,(H,25,26,29).